The van der Waals surface area contributed by atoms with Crippen LogP contribution >= 0.6 is 0 Å². The van der Waals surface area contributed by atoms with Gasteiger partial charge in [-0.1, -0.05) is 38.0 Å². The molecule has 5 rings (SSSR count). The van der Waals surface area contributed by atoms with Crippen molar-refractivity contribution in [2.24, 2.45) is 0 Å². The third-order valence-corrected chi connectivity index (χ3v) is 12.2. The fourth-order valence-electron chi connectivity index (χ4n) is 7.21. The number of anilines is 2. The van der Waals surface area contributed by atoms with Crippen LogP contribution in [0.4, 0.5) is 11.6 Å². The van der Waals surface area contributed by atoms with E-state index in [0.717, 1.165) is 31.7 Å². The van der Waals surface area contributed by atoms with Crippen molar-refractivity contribution in [1.82, 2.24) is 19.8 Å². The third-order valence-electron chi connectivity index (χ3n) is 10.1. The lowest BCUT2D eigenvalue weighted by Crippen LogP contribution is -2.53. The van der Waals surface area contributed by atoms with Crippen LogP contribution in [-0.2, 0) is 16.4 Å². The second kappa shape index (κ2) is 14.8. The van der Waals surface area contributed by atoms with Crippen molar-refractivity contribution in [3.8, 4) is 11.6 Å². The van der Waals surface area contributed by atoms with Gasteiger partial charge in [-0.2, -0.15) is 4.98 Å². The molecule has 10 nitrogen and oxygen atoms in total. The summed E-state index contributed by atoms with van der Waals surface area (Å²) in [5.74, 6) is 1.65. The molecule has 0 saturated carbocycles. The molecule has 1 fully saturated rings. The molecule has 1 saturated heterocycles. The van der Waals surface area contributed by atoms with Crippen LogP contribution in [0, 0.1) is 13.8 Å². The molecule has 11 heteroatoms. The van der Waals surface area contributed by atoms with Gasteiger partial charge in [0.15, 0.2) is 0 Å². The Hall–Kier alpha value is -3.41. The molecule has 0 unspecified atom stereocenters. The van der Waals surface area contributed by atoms with E-state index in [1.165, 1.54) is 36.4 Å². The number of rotatable bonds is 14. The van der Waals surface area contributed by atoms with Crippen molar-refractivity contribution in [3.05, 3.63) is 65.4 Å². The van der Waals surface area contributed by atoms with Gasteiger partial charge in [0.25, 0.3) is 10.0 Å². The first-order chi connectivity index (χ1) is 22.5. The topological polar surface area (TPSA) is 91.3 Å². The predicted octanol–water partition coefficient (Wildman–Crippen LogP) is 5.32. The highest BCUT2D eigenvalue weighted by Gasteiger charge is 2.40. The highest BCUT2D eigenvalue weighted by Crippen LogP contribution is 2.39. The molecule has 0 radical (unpaired) electrons. The summed E-state index contributed by atoms with van der Waals surface area (Å²) >= 11 is 0. The summed E-state index contributed by atoms with van der Waals surface area (Å²) in [7, 11) is 4.16. The molecule has 0 spiro atoms. The number of fused-ring (bicyclic) bond motifs is 1. The van der Waals surface area contributed by atoms with Crippen LogP contribution in [0.5, 0.6) is 11.6 Å². The Morgan fingerprint density at radius 1 is 1.04 bits per heavy atom. The average Bonchev–Trinajstić information content (AvgIpc) is 3.45. The molecule has 2 aliphatic rings. The zero-order chi connectivity index (χ0) is 33.8. The molecule has 2 aliphatic heterocycles. The van der Waals surface area contributed by atoms with Gasteiger partial charge in [0.2, 0.25) is 11.8 Å². The van der Waals surface area contributed by atoms with E-state index < -0.39 is 16.1 Å². The maximum Gasteiger partial charge on any atom is 0.265 e. The van der Waals surface area contributed by atoms with Gasteiger partial charge in [-0.05, 0) is 102 Å². The predicted molar refractivity (Wildman–Crippen MR) is 188 cm³/mol. The van der Waals surface area contributed by atoms with E-state index in [2.05, 4.69) is 40.7 Å². The van der Waals surface area contributed by atoms with Crippen molar-refractivity contribution in [1.29, 1.82) is 0 Å². The third kappa shape index (κ3) is 7.52. The number of unbranched alkanes of at least 4 members (excludes halogenated alkanes) is 1. The molecule has 47 heavy (non-hydrogen) atoms. The van der Waals surface area contributed by atoms with E-state index in [4.69, 9.17) is 14.5 Å². The minimum absolute atomic E-state index is 0.155. The number of piperidine rings is 1. The van der Waals surface area contributed by atoms with E-state index >= 15 is 0 Å². The Bertz CT molecular complexity index is 1600. The number of methoxy groups -OCH3 is 1. The minimum atomic E-state index is -3.90. The van der Waals surface area contributed by atoms with Gasteiger partial charge in [0.05, 0.1) is 23.7 Å². The molecule has 3 aromatic rings. The Kier molecular flexibility index (Phi) is 11.0. The van der Waals surface area contributed by atoms with Crippen LogP contribution in [0.25, 0.3) is 0 Å². The number of likely N-dealkylation sites (N-methyl/N-ethyl adjacent to an activating group) is 1. The number of ether oxygens (including phenoxy) is 2. The molecule has 2 aromatic carbocycles. The number of likely N-dealkylation sites (tertiary alicyclic amines) is 1. The van der Waals surface area contributed by atoms with E-state index in [1.807, 2.05) is 45.2 Å². The second-order valence-electron chi connectivity index (χ2n) is 13.4. The molecular weight excluding hydrogens is 613 g/mol. The number of hydrogen-bond donors (Lipinski definition) is 0. The Morgan fingerprint density at radius 2 is 1.74 bits per heavy atom. The van der Waals surface area contributed by atoms with Crippen LogP contribution in [0.3, 0.4) is 0 Å². The smallest absolute Gasteiger partial charge is 0.265 e. The lowest BCUT2D eigenvalue weighted by Gasteiger charge is -2.46. The Morgan fingerprint density at radius 3 is 2.40 bits per heavy atom. The molecule has 256 valence electrons. The standard InChI is InChI=1S/C36H52N6O4S/c1-8-9-15-36(39(4)5)16-19-41(20-17-36)22-21-40(6)35-37-18-14-33(38-35)46-26-30-25-29-12-10-11-13-32(29)42(30)47(43,44)34-27(2)23-31(45-7)24-28(34)3/h10-14,18,23-24,30H,8-9,15-17,19-22,25-26H2,1-7H3/t30-/m0/s1. The molecule has 1 atom stereocenters. The van der Waals surface area contributed by atoms with Gasteiger partial charge in [0.1, 0.15) is 12.4 Å². The van der Waals surface area contributed by atoms with Crippen molar-refractivity contribution in [2.75, 3.05) is 70.2 Å². The quantitative estimate of drug-likeness (QED) is 0.227. The number of para-hydroxylation sites is 1. The SMILES string of the molecule is CCCCC1(N(C)C)CCN(CCN(C)c2nccc(OC[C@@H]3Cc4ccccc4N3S(=O)(=O)c3c(C)cc(OC)cc3C)n2)CC1. The van der Waals surface area contributed by atoms with Crippen LogP contribution in [0.2, 0.25) is 0 Å². The van der Waals surface area contributed by atoms with E-state index in [-0.39, 0.29) is 6.61 Å². The van der Waals surface area contributed by atoms with Crippen LogP contribution in [-0.4, -0.2) is 101 Å². The molecule has 0 N–H and O–H groups in total. The molecule has 3 heterocycles. The highest BCUT2D eigenvalue weighted by atomic mass is 32.2. The zero-order valence-corrected chi connectivity index (χ0v) is 30.0. The van der Waals surface area contributed by atoms with Crippen LogP contribution < -0.4 is 18.7 Å². The summed E-state index contributed by atoms with van der Waals surface area (Å²) in [6, 6.07) is 12.5. The van der Waals surface area contributed by atoms with Gasteiger partial charge in [0, 0.05) is 37.9 Å². The highest BCUT2D eigenvalue weighted by molar-refractivity contribution is 7.93. The Labute approximate surface area is 281 Å². The van der Waals surface area contributed by atoms with E-state index in [1.54, 1.807) is 31.5 Å². The molecule has 0 bridgehead atoms. The largest absolute Gasteiger partial charge is 0.497 e. The van der Waals surface area contributed by atoms with Crippen molar-refractivity contribution >= 4 is 21.7 Å². The first kappa shape index (κ1) is 34.9. The first-order valence-electron chi connectivity index (χ1n) is 16.8. The summed E-state index contributed by atoms with van der Waals surface area (Å²) in [6.07, 6.45) is 8.42. The summed E-state index contributed by atoms with van der Waals surface area (Å²) in [5.41, 5.74) is 3.27. The monoisotopic (exact) mass is 664 g/mol. The lowest BCUT2D eigenvalue weighted by molar-refractivity contribution is 0.0484. The summed E-state index contributed by atoms with van der Waals surface area (Å²) in [6.45, 7) is 9.99. The lowest BCUT2D eigenvalue weighted by atomic mass is 9.82. The van der Waals surface area contributed by atoms with Crippen LogP contribution in [0.15, 0.2) is 53.6 Å². The zero-order valence-electron chi connectivity index (χ0n) is 29.2. The average molecular weight is 665 g/mol. The summed E-state index contributed by atoms with van der Waals surface area (Å²) in [5, 5.41) is 0. The number of sulfonamides is 1. The van der Waals surface area contributed by atoms with Gasteiger partial charge in [-0.15, -0.1) is 0 Å². The van der Waals surface area contributed by atoms with Gasteiger partial charge in [-0.25, -0.2) is 13.4 Å². The normalized spacial score (nSPS) is 18.0. The van der Waals surface area contributed by atoms with Crippen molar-refractivity contribution in [2.45, 2.75) is 75.8 Å². The second-order valence-corrected chi connectivity index (χ2v) is 15.1. The van der Waals surface area contributed by atoms with Gasteiger partial charge in [-0.3, -0.25) is 4.31 Å². The van der Waals surface area contributed by atoms with Gasteiger partial charge >= 0.3 is 0 Å². The van der Waals surface area contributed by atoms with E-state index in [0.29, 0.717) is 51.2 Å². The number of aryl methyl sites for hydroxylation is 2. The number of benzene rings is 2. The number of nitrogens with zero attached hydrogens (tertiary/aromatic N) is 6. The Balaban J connectivity index is 1.24. The maximum atomic E-state index is 14.3. The van der Waals surface area contributed by atoms with Crippen molar-refractivity contribution in [3.63, 3.8) is 0 Å². The first-order valence-corrected chi connectivity index (χ1v) is 18.3. The molecule has 0 amide bonds. The molecule has 1 aromatic heterocycles. The number of aromatic nitrogens is 2. The molecule has 0 aliphatic carbocycles. The number of hydrogen-bond acceptors (Lipinski definition) is 9. The fourth-order valence-corrected chi connectivity index (χ4v) is 9.30. The van der Waals surface area contributed by atoms with E-state index in [9.17, 15) is 8.42 Å². The minimum Gasteiger partial charge on any atom is -0.497 e. The summed E-state index contributed by atoms with van der Waals surface area (Å²) in [4.78, 5) is 16.6. The van der Waals surface area contributed by atoms with Crippen molar-refractivity contribution < 1.29 is 17.9 Å². The van der Waals surface area contributed by atoms with Crippen LogP contribution in [0.1, 0.15) is 55.7 Å². The van der Waals surface area contributed by atoms with Gasteiger partial charge < -0.3 is 24.2 Å². The molecular formula is C36H52N6O4S. The maximum absolute atomic E-state index is 14.3. The fraction of sp³-hybridized carbons (Fsp3) is 0.556. The summed E-state index contributed by atoms with van der Waals surface area (Å²) < 4.78 is 41.8.